The fourth-order valence-corrected chi connectivity index (χ4v) is 2.86. The number of furan rings is 1. The van der Waals surface area contributed by atoms with Crippen LogP contribution >= 0.6 is 0 Å². The Morgan fingerprint density at radius 2 is 1.96 bits per heavy atom. The maximum atomic E-state index is 12.6. The molecule has 23 heavy (non-hydrogen) atoms. The van der Waals surface area contributed by atoms with Gasteiger partial charge in [-0.05, 0) is 41.7 Å². The quantitative estimate of drug-likeness (QED) is 0.641. The van der Waals surface area contributed by atoms with Crippen LogP contribution in [0.15, 0.2) is 53.3 Å². The Morgan fingerprint density at radius 3 is 2.65 bits per heavy atom. The van der Waals surface area contributed by atoms with Gasteiger partial charge in [0.15, 0.2) is 5.78 Å². The number of ketones is 1. The second-order valence-electron chi connectivity index (χ2n) is 6.82. The van der Waals surface area contributed by atoms with Gasteiger partial charge in [0.2, 0.25) is 0 Å². The van der Waals surface area contributed by atoms with E-state index in [-0.39, 0.29) is 11.2 Å². The lowest BCUT2D eigenvalue weighted by molar-refractivity contribution is 0.0983. The van der Waals surface area contributed by atoms with Crippen molar-refractivity contribution < 1.29 is 9.21 Å². The van der Waals surface area contributed by atoms with E-state index in [0.29, 0.717) is 24.0 Å². The predicted molar refractivity (Wildman–Crippen MR) is 91.8 cm³/mol. The van der Waals surface area contributed by atoms with Gasteiger partial charge in [0, 0.05) is 23.7 Å². The van der Waals surface area contributed by atoms with Gasteiger partial charge in [-0.1, -0.05) is 32.9 Å². The van der Waals surface area contributed by atoms with E-state index in [0.717, 1.165) is 11.1 Å². The molecule has 2 heterocycles. The van der Waals surface area contributed by atoms with Gasteiger partial charge < -0.3 is 4.42 Å². The molecule has 0 fully saturated rings. The number of pyridine rings is 1. The summed E-state index contributed by atoms with van der Waals surface area (Å²) >= 11 is 0. The molecule has 0 unspecified atom stereocenters. The number of hydrogen-bond donors (Lipinski definition) is 0. The first-order valence-corrected chi connectivity index (χ1v) is 7.90. The van der Waals surface area contributed by atoms with E-state index in [2.05, 4.69) is 25.8 Å². The SMILES string of the molecule is CC(C)(C)c1ccc(C(=O)CCc2ccccn2)c2occc12. The predicted octanol–water partition coefficient (Wildman–Crippen LogP) is 4.94. The largest absolute Gasteiger partial charge is 0.464 e. The first-order chi connectivity index (χ1) is 11.0. The van der Waals surface area contributed by atoms with Crippen LogP contribution in [0, 0.1) is 0 Å². The van der Waals surface area contributed by atoms with Crippen LogP contribution < -0.4 is 0 Å². The standard InChI is InChI=1S/C20H21NO2/c1-20(2,3)17-9-8-16(19-15(17)11-13-23-19)18(22)10-7-14-6-4-5-12-21-14/h4-6,8-9,11-13H,7,10H2,1-3H3. The third-order valence-electron chi connectivity index (χ3n) is 4.06. The Kier molecular flexibility index (Phi) is 4.03. The molecular weight excluding hydrogens is 286 g/mol. The zero-order chi connectivity index (χ0) is 16.4. The summed E-state index contributed by atoms with van der Waals surface area (Å²) in [6, 6.07) is 11.7. The monoisotopic (exact) mass is 307 g/mol. The molecule has 3 heteroatoms. The maximum Gasteiger partial charge on any atom is 0.167 e. The molecule has 0 spiro atoms. The molecular formula is C20H21NO2. The molecule has 0 saturated heterocycles. The summed E-state index contributed by atoms with van der Waals surface area (Å²) in [4.78, 5) is 16.9. The molecule has 0 saturated carbocycles. The summed E-state index contributed by atoms with van der Waals surface area (Å²) in [7, 11) is 0. The van der Waals surface area contributed by atoms with Gasteiger partial charge in [-0.15, -0.1) is 0 Å². The molecule has 0 bridgehead atoms. The molecule has 3 aromatic rings. The molecule has 2 aromatic heterocycles. The average Bonchev–Trinajstić information content (AvgIpc) is 3.01. The zero-order valence-electron chi connectivity index (χ0n) is 13.8. The highest BCUT2D eigenvalue weighted by Gasteiger charge is 2.21. The van der Waals surface area contributed by atoms with E-state index in [9.17, 15) is 4.79 Å². The van der Waals surface area contributed by atoms with Crippen LogP contribution in [0.4, 0.5) is 0 Å². The Bertz CT molecular complexity index is 826. The minimum atomic E-state index is 0.0116. The minimum absolute atomic E-state index is 0.0116. The number of carbonyl (C=O) groups is 1. The van der Waals surface area contributed by atoms with Gasteiger partial charge in [-0.3, -0.25) is 9.78 Å². The number of rotatable bonds is 4. The molecule has 3 rings (SSSR count). The van der Waals surface area contributed by atoms with Crippen molar-refractivity contribution in [1.29, 1.82) is 0 Å². The maximum absolute atomic E-state index is 12.6. The number of carbonyl (C=O) groups excluding carboxylic acids is 1. The van der Waals surface area contributed by atoms with Crippen molar-refractivity contribution in [1.82, 2.24) is 4.98 Å². The van der Waals surface area contributed by atoms with E-state index in [1.807, 2.05) is 36.4 Å². The highest BCUT2D eigenvalue weighted by atomic mass is 16.3. The van der Waals surface area contributed by atoms with Crippen molar-refractivity contribution in [3.05, 3.63) is 65.7 Å². The number of hydrogen-bond acceptors (Lipinski definition) is 3. The Hall–Kier alpha value is -2.42. The second-order valence-corrected chi connectivity index (χ2v) is 6.82. The van der Waals surface area contributed by atoms with Gasteiger partial charge >= 0.3 is 0 Å². The van der Waals surface area contributed by atoms with E-state index in [1.165, 1.54) is 5.56 Å². The molecule has 0 atom stereocenters. The summed E-state index contributed by atoms with van der Waals surface area (Å²) in [6.45, 7) is 6.49. The average molecular weight is 307 g/mol. The molecule has 0 aliphatic rings. The molecule has 0 aliphatic heterocycles. The number of fused-ring (bicyclic) bond motifs is 1. The van der Waals surface area contributed by atoms with Crippen LogP contribution in [0.3, 0.4) is 0 Å². The molecule has 1 aromatic carbocycles. The second kappa shape index (κ2) is 5.99. The number of nitrogens with zero attached hydrogens (tertiary/aromatic N) is 1. The van der Waals surface area contributed by atoms with E-state index in [4.69, 9.17) is 4.42 Å². The Balaban J connectivity index is 1.88. The zero-order valence-corrected chi connectivity index (χ0v) is 13.8. The van der Waals surface area contributed by atoms with Crippen LogP contribution in [-0.2, 0) is 11.8 Å². The molecule has 0 aliphatic carbocycles. The molecule has 118 valence electrons. The van der Waals surface area contributed by atoms with Gasteiger partial charge in [0.1, 0.15) is 5.58 Å². The van der Waals surface area contributed by atoms with Crippen molar-refractivity contribution in [3.8, 4) is 0 Å². The van der Waals surface area contributed by atoms with Gasteiger partial charge in [0.25, 0.3) is 0 Å². The summed E-state index contributed by atoms with van der Waals surface area (Å²) in [5.74, 6) is 0.0936. The van der Waals surface area contributed by atoms with Gasteiger partial charge in [-0.2, -0.15) is 0 Å². The highest BCUT2D eigenvalue weighted by molar-refractivity contribution is 6.07. The van der Waals surface area contributed by atoms with E-state index in [1.54, 1.807) is 12.5 Å². The van der Waals surface area contributed by atoms with Crippen molar-refractivity contribution in [2.75, 3.05) is 0 Å². The van der Waals surface area contributed by atoms with Gasteiger partial charge in [-0.25, -0.2) is 0 Å². The third-order valence-corrected chi connectivity index (χ3v) is 4.06. The molecule has 0 amide bonds. The number of aryl methyl sites for hydroxylation is 1. The highest BCUT2D eigenvalue weighted by Crippen LogP contribution is 2.33. The fraction of sp³-hybridized carbons (Fsp3) is 0.300. The number of benzene rings is 1. The lowest BCUT2D eigenvalue weighted by Gasteiger charge is -2.20. The Morgan fingerprint density at radius 1 is 1.13 bits per heavy atom. The van der Waals surface area contributed by atoms with Crippen molar-refractivity contribution >= 4 is 16.8 Å². The summed E-state index contributed by atoms with van der Waals surface area (Å²) < 4.78 is 5.62. The Labute approximate surface area is 136 Å². The summed E-state index contributed by atoms with van der Waals surface area (Å²) in [5, 5.41) is 1.03. The van der Waals surface area contributed by atoms with E-state index >= 15 is 0 Å². The third kappa shape index (κ3) is 3.19. The van der Waals surface area contributed by atoms with Gasteiger partial charge in [0.05, 0.1) is 11.8 Å². The molecule has 0 radical (unpaired) electrons. The first-order valence-electron chi connectivity index (χ1n) is 7.90. The lowest BCUT2D eigenvalue weighted by atomic mass is 9.84. The van der Waals surface area contributed by atoms with Crippen LogP contribution in [-0.4, -0.2) is 10.8 Å². The minimum Gasteiger partial charge on any atom is -0.464 e. The van der Waals surface area contributed by atoms with Crippen molar-refractivity contribution in [2.45, 2.75) is 39.0 Å². The normalized spacial score (nSPS) is 11.8. The van der Waals surface area contributed by atoms with Crippen molar-refractivity contribution in [2.24, 2.45) is 0 Å². The van der Waals surface area contributed by atoms with Crippen LogP contribution in [0.1, 0.15) is 48.8 Å². The smallest absolute Gasteiger partial charge is 0.167 e. The fourth-order valence-electron chi connectivity index (χ4n) is 2.86. The number of aromatic nitrogens is 1. The summed E-state index contributed by atoms with van der Waals surface area (Å²) in [6.07, 6.45) is 4.49. The number of Topliss-reactive ketones (excluding diaryl/α,β-unsaturated/α-hetero) is 1. The first kappa shape index (κ1) is 15.5. The van der Waals surface area contributed by atoms with Crippen LogP contribution in [0.5, 0.6) is 0 Å². The lowest BCUT2D eigenvalue weighted by Crippen LogP contribution is -2.12. The topological polar surface area (TPSA) is 43.1 Å². The molecule has 0 N–H and O–H groups in total. The van der Waals surface area contributed by atoms with Crippen LogP contribution in [0.2, 0.25) is 0 Å². The van der Waals surface area contributed by atoms with Crippen LogP contribution in [0.25, 0.3) is 11.0 Å². The summed E-state index contributed by atoms with van der Waals surface area (Å²) in [5.41, 5.74) is 3.50. The van der Waals surface area contributed by atoms with Crippen molar-refractivity contribution in [3.63, 3.8) is 0 Å². The van der Waals surface area contributed by atoms with E-state index < -0.39 is 0 Å². The molecule has 3 nitrogen and oxygen atoms in total.